The number of likely N-dealkylation sites (tertiary alicyclic amines) is 1. The molecule has 0 N–H and O–H groups in total. The smallest absolute Gasteiger partial charge is 0.339 e. The van der Waals surface area contributed by atoms with Crippen molar-refractivity contribution >= 4 is 11.9 Å². The summed E-state index contributed by atoms with van der Waals surface area (Å²) in [5.74, 6) is -0.216. The fraction of sp³-hybridized carbons (Fsp3) is 0.364. The van der Waals surface area contributed by atoms with E-state index in [0.717, 1.165) is 11.1 Å². The van der Waals surface area contributed by atoms with Gasteiger partial charge in [-0.15, -0.1) is 0 Å². The van der Waals surface area contributed by atoms with E-state index in [2.05, 4.69) is 0 Å². The van der Waals surface area contributed by atoms with Gasteiger partial charge in [0, 0.05) is 18.5 Å². The second-order valence-electron chi connectivity index (χ2n) is 7.90. The van der Waals surface area contributed by atoms with Crippen LogP contribution < -0.4 is 0 Å². The summed E-state index contributed by atoms with van der Waals surface area (Å²) in [6.07, 6.45) is 0.644. The van der Waals surface area contributed by atoms with E-state index in [0.29, 0.717) is 25.1 Å². The highest BCUT2D eigenvalue weighted by Crippen LogP contribution is 2.44. The number of amides is 1. The summed E-state index contributed by atoms with van der Waals surface area (Å²) in [6.45, 7) is 6.97. The van der Waals surface area contributed by atoms with Crippen molar-refractivity contribution in [2.24, 2.45) is 0 Å². The summed E-state index contributed by atoms with van der Waals surface area (Å²) >= 11 is 0. The third-order valence-corrected chi connectivity index (χ3v) is 5.75. The fourth-order valence-electron chi connectivity index (χ4n) is 4.09. The van der Waals surface area contributed by atoms with Gasteiger partial charge in [-0.25, -0.2) is 4.79 Å². The Morgan fingerprint density at radius 2 is 1.81 bits per heavy atom. The predicted molar refractivity (Wildman–Crippen MR) is 98.9 cm³/mol. The number of nitrogens with zero attached hydrogens (tertiary/aromatic N) is 1. The van der Waals surface area contributed by atoms with Gasteiger partial charge in [-0.1, -0.05) is 48.0 Å². The molecule has 26 heavy (non-hydrogen) atoms. The van der Waals surface area contributed by atoms with Gasteiger partial charge >= 0.3 is 5.97 Å². The number of esters is 1. The molecule has 2 aliphatic rings. The summed E-state index contributed by atoms with van der Waals surface area (Å²) in [5, 5.41) is 0. The number of hydrogen-bond donors (Lipinski definition) is 0. The summed E-state index contributed by atoms with van der Waals surface area (Å²) in [5.41, 5.74) is 2.39. The molecule has 2 aromatic carbocycles. The van der Waals surface area contributed by atoms with Crippen molar-refractivity contribution < 1.29 is 14.3 Å². The average Bonchev–Trinajstić information content (AvgIpc) is 3.17. The molecule has 1 amide bonds. The van der Waals surface area contributed by atoms with E-state index in [-0.39, 0.29) is 11.9 Å². The van der Waals surface area contributed by atoms with Crippen LogP contribution in [0.4, 0.5) is 0 Å². The average molecular weight is 349 g/mol. The number of benzene rings is 2. The monoisotopic (exact) mass is 349 g/mol. The molecule has 0 radical (unpaired) electrons. The van der Waals surface area contributed by atoms with Crippen LogP contribution in [-0.4, -0.2) is 29.9 Å². The number of hydrogen-bond acceptors (Lipinski definition) is 3. The van der Waals surface area contributed by atoms with Crippen LogP contribution in [-0.2, 0) is 20.5 Å². The number of carbonyl (C=O) groups excluding carboxylic acids is 2. The van der Waals surface area contributed by atoms with Gasteiger partial charge < -0.3 is 9.64 Å². The lowest BCUT2D eigenvalue weighted by atomic mass is 9.83. The second kappa shape index (κ2) is 5.70. The number of aryl methyl sites for hydroxylation is 1. The Morgan fingerprint density at radius 1 is 1.12 bits per heavy atom. The minimum atomic E-state index is -0.688. The molecule has 1 spiro atoms. The van der Waals surface area contributed by atoms with E-state index in [1.54, 1.807) is 6.07 Å². The first kappa shape index (κ1) is 16.8. The van der Waals surface area contributed by atoms with Crippen molar-refractivity contribution in [1.29, 1.82) is 0 Å². The minimum absolute atomic E-state index is 0.0682. The highest BCUT2D eigenvalue weighted by atomic mass is 16.6. The Balaban J connectivity index is 1.60. The molecule has 0 aliphatic carbocycles. The maximum Gasteiger partial charge on any atom is 0.339 e. The van der Waals surface area contributed by atoms with Crippen molar-refractivity contribution in [3.05, 3.63) is 70.8 Å². The molecule has 0 aromatic heterocycles. The molecular formula is C22H23NO3. The van der Waals surface area contributed by atoms with Crippen LogP contribution in [0.5, 0.6) is 0 Å². The molecule has 1 unspecified atom stereocenters. The third kappa shape index (κ3) is 2.44. The Kier molecular flexibility index (Phi) is 3.69. The van der Waals surface area contributed by atoms with Crippen molar-refractivity contribution in [1.82, 2.24) is 4.90 Å². The normalized spacial score (nSPS) is 21.8. The summed E-state index contributed by atoms with van der Waals surface area (Å²) in [4.78, 5) is 27.3. The van der Waals surface area contributed by atoms with Crippen molar-refractivity contribution in [2.75, 3.05) is 13.1 Å². The van der Waals surface area contributed by atoms with Gasteiger partial charge in [-0.2, -0.15) is 0 Å². The first-order valence-electron chi connectivity index (χ1n) is 9.03. The molecule has 4 nitrogen and oxygen atoms in total. The van der Waals surface area contributed by atoms with Gasteiger partial charge in [0.2, 0.25) is 5.91 Å². The van der Waals surface area contributed by atoms with Crippen LogP contribution in [0.15, 0.2) is 48.5 Å². The van der Waals surface area contributed by atoms with E-state index in [1.165, 1.54) is 5.56 Å². The van der Waals surface area contributed by atoms with Crippen molar-refractivity contribution in [3.63, 3.8) is 0 Å². The van der Waals surface area contributed by atoms with Crippen molar-refractivity contribution in [2.45, 2.75) is 38.2 Å². The molecule has 2 aromatic rings. The molecule has 2 aliphatic heterocycles. The molecule has 0 bridgehead atoms. The Labute approximate surface area is 153 Å². The molecule has 4 heteroatoms. The van der Waals surface area contributed by atoms with Crippen molar-refractivity contribution in [3.8, 4) is 0 Å². The standard InChI is InChI=1S/C22H23NO3/c1-15-8-10-16(11-9-15)21(2,3)20(25)23-13-12-22(14-23)18-7-5-4-6-17(18)19(24)26-22/h4-11H,12-14H2,1-3H3. The van der Waals surface area contributed by atoms with Gasteiger partial charge in [0.25, 0.3) is 0 Å². The van der Waals surface area contributed by atoms with Crippen LogP contribution >= 0.6 is 0 Å². The summed E-state index contributed by atoms with van der Waals surface area (Å²) in [7, 11) is 0. The molecule has 4 rings (SSSR count). The van der Waals surface area contributed by atoms with Crippen LogP contribution in [0.1, 0.15) is 47.3 Å². The first-order chi connectivity index (χ1) is 12.3. The summed E-state index contributed by atoms with van der Waals surface area (Å²) < 4.78 is 5.76. The number of ether oxygens (including phenoxy) is 1. The second-order valence-corrected chi connectivity index (χ2v) is 7.90. The molecular weight excluding hydrogens is 326 g/mol. The zero-order valence-electron chi connectivity index (χ0n) is 15.4. The minimum Gasteiger partial charge on any atom is -0.449 e. The number of carbonyl (C=O) groups is 2. The van der Waals surface area contributed by atoms with E-state index >= 15 is 0 Å². The Bertz CT molecular complexity index is 885. The number of rotatable bonds is 2. The van der Waals surface area contributed by atoms with E-state index < -0.39 is 11.0 Å². The molecule has 0 saturated carbocycles. The van der Waals surface area contributed by atoms with E-state index in [4.69, 9.17) is 4.74 Å². The third-order valence-electron chi connectivity index (χ3n) is 5.75. The Hall–Kier alpha value is -2.62. The van der Waals surface area contributed by atoms with Gasteiger partial charge in [0.05, 0.1) is 17.5 Å². The fourth-order valence-corrected chi connectivity index (χ4v) is 4.09. The maximum atomic E-state index is 13.3. The van der Waals surface area contributed by atoms with E-state index in [9.17, 15) is 9.59 Å². The molecule has 1 saturated heterocycles. The van der Waals surface area contributed by atoms with E-state index in [1.807, 2.05) is 68.1 Å². The highest BCUT2D eigenvalue weighted by molar-refractivity contribution is 5.95. The molecule has 2 heterocycles. The topological polar surface area (TPSA) is 46.6 Å². The number of fused-ring (bicyclic) bond motifs is 2. The van der Waals surface area contributed by atoms with Crippen LogP contribution in [0.25, 0.3) is 0 Å². The van der Waals surface area contributed by atoms with Gasteiger partial charge in [0.15, 0.2) is 5.60 Å². The molecule has 1 atom stereocenters. The SMILES string of the molecule is Cc1ccc(C(C)(C)C(=O)N2CCC3(C2)OC(=O)c2ccccc23)cc1. The van der Waals surface area contributed by atoms with Gasteiger partial charge in [-0.05, 0) is 32.4 Å². The zero-order chi connectivity index (χ0) is 18.5. The van der Waals surface area contributed by atoms with Gasteiger partial charge in [0.1, 0.15) is 0 Å². The summed E-state index contributed by atoms with van der Waals surface area (Å²) in [6, 6.07) is 15.6. The van der Waals surface area contributed by atoms with Crippen LogP contribution in [0.2, 0.25) is 0 Å². The quantitative estimate of drug-likeness (QED) is 0.779. The first-order valence-corrected chi connectivity index (χ1v) is 9.03. The lowest BCUT2D eigenvalue weighted by molar-refractivity contribution is -0.136. The largest absolute Gasteiger partial charge is 0.449 e. The lowest BCUT2D eigenvalue weighted by Gasteiger charge is -2.31. The maximum absolute atomic E-state index is 13.3. The van der Waals surface area contributed by atoms with Gasteiger partial charge in [-0.3, -0.25) is 4.79 Å². The zero-order valence-corrected chi connectivity index (χ0v) is 15.4. The molecule has 1 fully saturated rings. The van der Waals surface area contributed by atoms with Crippen LogP contribution in [0.3, 0.4) is 0 Å². The highest BCUT2D eigenvalue weighted by Gasteiger charge is 2.52. The van der Waals surface area contributed by atoms with Crippen LogP contribution in [0, 0.1) is 6.92 Å². The predicted octanol–water partition coefficient (Wildman–Crippen LogP) is 3.57. The lowest BCUT2D eigenvalue weighted by Crippen LogP contribution is -2.44. The Morgan fingerprint density at radius 3 is 2.54 bits per heavy atom. The molecule has 134 valence electrons.